The summed E-state index contributed by atoms with van der Waals surface area (Å²) >= 11 is 0. The van der Waals surface area contributed by atoms with Gasteiger partial charge in [-0.1, -0.05) is 19.9 Å². The molecule has 0 spiro atoms. The van der Waals surface area contributed by atoms with Gasteiger partial charge in [-0.05, 0) is 109 Å². The van der Waals surface area contributed by atoms with Gasteiger partial charge < -0.3 is 19.3 Å². The zero-order valence-electron chi connectivity index (χ0n) is 20.5. The first-order valence-corrected chi connectivity index (χ1v) is 12.6. The first-order chi connectivity index (χ1) is 15.9. The molecule has 2 aromatic rings. The molecule has 6 atom stereocenters. The van der Waals surface area contributed by atoms with Gasteiger partial charge in [0.15, 0.2) is 11.5 Å². The number of hydrogen-bond donors (Lipinski definition) is 1. The van der Waals surface area contributed by atoms with E-state index in [4.69, 9.17) is 14.2 Å². The summed E-state index contributed by atoms with van der Waals surface area (Å²) in [4.78, 5) is 0. The molecule has 3 aliphatic carbocycles. The first kappa shape index (κ1) is 22.4. The van der Waals surface area contributed by atoms with E-state index in [0.29, 0.717) is 28.9 Å². The van der Waals surface area contributed by atoms with E-state index >= 15 is 0 Å². The number of phenolic OH excluding ortho intramolecular Hbond substituents is 1. The molecule has 0 amide bonds. The molecule has 0 aromatic heterocycles. The van der Waals surface area contributed by atoms with Crippen LogP contribution in [0.3, 0.4) is 0 Å². The van der Waals surface area contributed by atoms with Crippen LogP contribution in [0.4, 0.5) is 0 Å². The van der Waals surface area contributed by atoms with Gasteiger partial charge in [-0.15, -0.1) is 0 Å². The number of rotatable bonds is 6. The van der Waals surface area contributed by atoms with Crippen LogP contribution in [0.25, 0.3) is 0 Å². The normalized spacial score (nSPS) is 32.4. The Labute approximate surface area is 198 Å². The molecule has 2 aromatic carbocycles. The summed E-state index contributed by atoms with van der Waals surface area (Å²) in [5.74, 6) is 6.29. The largest absolute Gasteiger partial charge is 0.508 e. The van der Waals surface area contributed by atoms with Crippen molar-refractivity contribution in [2.45, 2.75) is 58.3 Å². The van der Waals surface area contributed by atoms with Gasteiger partial charge in [0, 0.05) is 6.07 Å². The number of benzene rings is 2. The van der Waals surface area contributed by atoms with Crippen LogP contribution in [-0.2, 0) is 6.42 Å². The highest BCUT2D eigenvalue weighted by atomic mass is 16.5. The van der Waals surface area contributed by atoms with Crippen LogP contribution in [-0.4, -0.2) is 25.9 Å². The molecule has 4 heteroatoms. The van der Waals surface area contributed by atoms with Crippen LogP contribution in [0.1, 0.15) is 63.0 Å². The van der Waals surface area contributed by atoms with E-state index in [2.05, 4.69) is 19.9 Å². The highest BCUT2D eigenvalue weighted by Crippen LogP contribution is 2.64. The Hall–Kier alpha value is -2.36. The van der Waals surface area contributed by atoms with Crippen molar-refractivity contribution < 1.29 is 19.3 Å². The summed E-state index contributed by atoms with van der Waals surface area (Å²) in [5, 5.41) is 9.99. The maximum Gasteiger partial charge on any atom is 0.164 e. The maximum atomic E-state index is 9.99. The summed E-state index contributed by atoms with van der Waals surface area (Å²) in [6, 6.07) is 11.9. The quantitative estimate of drug-likeness (QED) is 0.539. The summed E-state index contributed by atoms with van der Waals surface area (Å²) in [6.07, 6.45) is 7.40. The Morgan fingerprint density at radius 1 is 1.00 bits per heavy atom. The summed E-state index contributed by atoms with van der Waals surface area (Å²) < 4.78 is 17.0. The lowest BCUT2D eigenvalue weighted by molar-refractivity contribution is 0.000861. The van der Waals surface area contributed by atoms with E-state index in [-0.39, 0.29) is 0 Å². The second-order valence-electron chi connectivity index (χ2n) is 10.8. The molecule has 178 valence electrons. The molecule has 2 fully saturated rings. The van der Waals surface area contributed by atoms with Crippen LogP contribution in [0.2, 0.25) is 0 Å². The van der Waals surface area contributed by atoms with Gasteiger partial charge in [-0.3, -0.25) is 0 Å². The third-order valence-corrected chi connectivity index (χ3v) is 9.35. The molecule has 3 aliphatic rings. The van der Waals surface area contributed by atoms with E-state index in [1.165, 1.54) is 36.8 Å². The lowest BCUT2D eigenvalue weighted by Gasteiger charge is -2.53. The molecule has 33 heavy (non-hydrogen) atoms. The lowest BCUT2D eigenvalue weighted by atomic mass is 9.51. The minimum absolute atomic E-state index is 0.400. The Balaban J connectivity index is 1.28. The average Bonchev–Trinajstić information content (AvgIpc) is 3.15. The number of phenols is 1. The van der Waals surface area contributed by atoms with Crippen LogP contribution < -0.4 is 14.2 Å². The zero-order valence-corrected chi connectivity index (χ0v) is 20.5. The molecule has 1 N–H and O–H groups in total. The summed E-state index contributed by atoms with van der Waals surface area (Å²) in [5.41, 5.74) is 3.29. The van der Waals surface area contributed by atoms with Crippen LogP contribution in [0.15, 0.2) is 36.4 Å². The van der Waals surface area contributed by atoms with Gasteiger partial charge >= 0.3 is 0 Å². The SMILES string of the molecule is COc1ccc(OCC[C@H]2CCC3C4C(C)Cc5cc(O)ccc5C4CCC32C)c(OC)c1. The minimum Gasteiger partial charge on any atom is -0.508 e. The molecule has 0 heterocycles. The molecule has 0 saturated heterocycles. The van der Waals surface area contributed by atoms with E-state index < -0.39 is 0 Å². The summed E-state index contributed by atoms with van der Waals surface area (Å²) in [7, 11) is 3.34. The predicted molar refractivity (Wildman–Crippen MR) is 130 cm³/mol. The van der Waals surface area contributed by atoms with Crippen molar-refractivity contribution in [2.24, 2.45) is 29.1 Å². The average molecular weight is 451 g/mol. The molecular formula is C29H38O4. The topological polar surface area (TPSA) is 47.9 Å². The van der Waals surface area contributed by atoms with Crippen LogP contribution in [0.5, 0.6) is 23.0 Å². The van der Waals surface area contributed by atoms with Crippen molar-refractivity contribution >= 4 is 0 Å². The Morgan fingerprint density at radius 2 is 1.85 bits per heavy atom. The second kappa shape index (κ2) is 8.77. The maximum absolute atomic E-state index is 9.99. The van der Waals surface area contributed by atoms with Crippen molar-refractivity contribution in [3.8, 4) is 23.0 Å². The summed E-state index contributed by atoms with van der Waals surface area (Å²) in [6.45, 7) is 5.74. The van der Waals surface area contributed by atoms with Gasteiger partial charge in [-0.2, -0.15) is 0 Å². The van der Waals surface area contributed by atoms with Crippen molar-refractivity contribution in [1.82, 2.24) is 0 Å². The van der Waals surface area contributed by atoms with E-state index in [9.17, 15) is 5.11 Å². The minimum atomic E-state index is 0.400. The van der Waals surface area contributed by atoms with Crippen molar-refractivity contribution in [3.63, 3.8) is 0 Å². The van der Waals surface area contributed by atoms with Crippen molar-refractivity contribution in [1.29, 1.82) is 0 Å². The number of ether oxygens (including phenoxy) is 3. The van der Waals surface area contributed by atoms with E-state index in [1.807, 2.05) is 30.3 Å². The molecule has 4 nitrogen and oxygen atoms in total. The number of aromatic hydroxyl groups is 1. The second-order valence-corrected chi connectivity index (χ2v) is 10.8. The van der Waals surface area contributed by atoms with Gasteiger partial charge in [-0.25, -0.2) is 0 Å². The molecule has 5 rings (SSSR count). The molecule has 0 bridgehead atoms. The third-order valence-electron chi connectivity index (χ3n) is 9.35. The smallest absolute Gasteiger partial charge is 0.164 e. The Morgan fingerprint density at radius 3 is 2.64 bits per heavy atom. The number of fused-ring (bicyclic) bond motifs is 5. The number of methoxy groups -OCH3 is 2. The fourth-order valence-electron chi connectivity index (χ4n) is 7.75. The van der Waals surface area contributed by atoms with Gasteiger partial charge in [0.25, 0.3) is 0 Å². The van der Waals surface area contributed by atoms with E-state index in [1.54, 1.807) is 14.2 Å². The molecule has 5 unspecified atom stereocenters. The molecule has 2 saturated carbocycles. The van der Waals surface area contributed by atoms with Gasteiger partial charge in [0.1, 0.15) is 11.5 Å². The standard InChI is InChI=1S/C29H38O4/c1-18-15-19-16-21(30)6-8-23(19)24-11-13-29(2)20(5-9-25(29)28(18)24)12-14-33-26-10-7-22(31-3)17-27(26)32-4/h6-8,10,16-18,20,24-25,28,30H,5,9,11-15H2,1-4H3/t18?,20-,24?,25?,28?,29?/m1/s1. The third kappa shape index (κ3) is 3.86. The van der Waals surface area contributed by atoms with Crippen LogP contribution >= 0.6 is 0 Å². The van der Waals surface area contributed by atoms with Crippen molar-refractivity contribution in [2.75, 3.05) is 20.8 Å². The first-order valence-electron chi connectivity index (χ1n) is 12.6. The molecule has 0 aliphatic heterocycles. The molecule has 0 radical (unpaired) electrons. The zero-order chi connectivity index (χ0) is 23.2. The van der Waals surface area contributed by atoms with Crippen molar-refractivity contribution in [3.05, 3.63) is 47.5 Å². The Bertz CT molecular complexity index is 1000. The fourth-order valence-corrected chi connectivity index (χ4v) is 7.75. The molecular weight excluding hydrogens is 412 g/mol. The lowest BCUT2D eigenvalue weighted by Crippen LogP contribution is -2.45. The fraction of sp³-hybridized carbons (Fsp3) is 0.586. The van der Waals surface area contributed by atoms with Gasteiger partial charge in [0.2, 0.25) is 0 Å². The predicted octanol–water partition coefficient (Wildman–Crippen LogP) is 6.60. The monoisotopic (exact) mass is 450 g/mol. The highest BCUT2D eigenvalue weighted by Gasteiger charge is 2.55. The van der Waals surface area contributed by atoms with Gasteiger partial charge in [0.05, 0.1) is 20.8 Å². The number of hydrogen-bond acceptors (Lipinski definition) is 4. The van der Waals surface area contributed by atoms with Crippen LogP contribution in [0, 0.1) is 29.1 Å². The highest BCUT2D eigenvalue weighted by molar-refractivity contribution is 5.45. The Kier molecular flexibility index (Phi) is 5.96. The van der Waals surface area contributed by atoms with E-state index in [0.717, 1.165) is 48.5 Å².